The molecule has 158 valence electrons. The molecule has 0 spiro atoms. The molecule has 1 aliphatic heterocycles. The average molecular weight is 501 g/mol. The molecule has 0 atom stereocenters. The summed E-state index contributed by atoms with van der Waals surface area (Å²) in [5.74, 6) is -0.704. The number of nitrogens with zero attached hydrogens (tertiary/aromatic N) is 1. The lowest BCUT2D eigenvalue weighted by atomic mass is 9.91. The van der Waals surface area contributed by atoms with Crippen LogP contribution in [0.4, 0.5) is 8.78 Å². The number of amides is 1. The first-order valence-corrected chi connectivity index (χ1v) is 10.1. The molecule has 2 aromatic rings. The molecule has 5 nitrogen and oxygen atoms in total. The number of Topliss-reactive ketones (excluding diaryl/α,β-unsaturated/α-hetero) is 1. The molecule has 0 N–H and O–H groups in total. The molecule has 0 saturated carbocycles. The quantitative estimate of drug-likeness (QED) is 0.307. The van der Waals surface area contributed by atoms with E-state index in [2.05, 4.69) is 20.7 Å². The average Bonchev–Trinajstić information content (AvgIpc) is 2.83. The molecule has 0 unspecified atom stereocenters. The molecule has 30 heavy (non-hydrogen) atoms. The fraction of sp³-hybridized carbons (Fsp3) is 0.286. The minimum absolute atomic E-state index is 0.00158. The van der Waals surface area contributed by atoms with Crippen LogP contribution in [0.3, 0.4) is 0 Å². The zero-order valence-electron chi connectivity index (χ0n) is 16.0. The third-order valence-electron chi connectivity index (χ3n) is 4.95. The molecule has 0 fully saturated rings. The maximum absolute atomic E-state index is 12.8. The number of ketones is 1. The van der Waals surface area contributed by atoms with Gasteiger partial charge < -0.3 is 14.4 Å². The zero-order valence-corrected chi connectivity index (χ0v) is 18.4. The zero-order chi connectivity index (χ0) is 22.3. The van der Waals surface area contributed by atoms with Gasteiger partial charge in [0.05, 0.1) is 12.1 Å². The van der Waals surface area contributed by atoms with Crippen molar-refractivity contribution in [1.82, 2.24) is 4.90 Å². The highest BCUT2D eigenvalue weighted by Gasteiger charge is 2.44. The second kappa shape index (κ2) is 8.07. The van der Waals surface area contributed by atoms with E-state index >= 15 is 0 Å². The summed E-state index contributed by atoms with van der Waals surface area (Å²) in [7, 11) is 0. The summed E-state index contributed by atoms with van der Waals surface area (Å²) in [5.41, 5.74) is -2.52. The van der Waals surface area contributed by atoms with Crippen molar-refractivity contribution in [2.75, 3.05) is 6.54 Å². The second-order valence-corrected chi connectivity index (χ2v) is 8.61. The van der Waals surface area contributed by atoms with Crippen LogP contribution >= 0.6 is 27.5 Å². The third-order valence-corrected chi connectivity index (χ3v) is 5.66. The molecule has 3 rings (SSSR count). The number of aldehydes is 1. The van der Waals surface area contributed by atoms with E-state index in [0.29, 0.717) is 27.4 Å². The molecule has 0 aliphatic carbocycles. The second-order valence-electron chi connectivity index (χ2n) is 7.31. The number of carbonyl (C=O) groups is 3. The van der Waals surface area contributed by atoms with Crippen LogP contribution in [-0.2, 0) is 16.8 Å². The number of carbonyl (C=O) groups excluding carboxylic acids is 3. The van der Waals surface area contributed by atoms with E-state index in [1.165, 1.54) is 35.2 Å². The van der Waals surface area contributed by atoms with Gasteiger partial charge in [0, 0.05) is 39.2 Å². The maximum Gasteiger partial charge on any atom is 0.487 e. The summed E-state index contributed by atoms with van der Waals surface area (Å²) < 4.78 is 30.2. The van der Waals surface area contributed by atoms with Gasteiger partial charge in [-0.25, -0.2) is 0 Å². The van der Waals surface area contributed by atoms with E-state index in [1.807, 2.05) is 13.8 Å². The van der Waals surface area contributed by atoms with Gasteiger partial charge in [-0.15, -0.1) is 8.78 Å². The number of ether oxygens (including phenoxy) is 1. The molecule has 0 saturated heterocycles. The van der Waals surface area contributed by atoms with Crippen molar-refractivity contribution in [2.45, 2.75) is 31.4 Å². The lowest BCUT2D eigenvalue weighted by molar-refractivity contribution is -0.109. The topological polar surface area (TPSA) is 63.7 Å². The van der Waals surface area contributed by atoms with Crippen molar-refractivity contribution in [3.05, 3.63) is 63.1 Å². The van der Waals surface area contributed by atoms with E-state index in [1.54, 1.807) is 6.07 Å². The first-order chi connectivity index (χ1) is 13.9. The lowest BCUT2D eigenvalue weighted by Crippen LogP contribution is -2.40. The molecule has 1 heterocycles. The summed E-state index contributed by atoms with van der Waals surface area (Å²) >= 11 is 8.18. The summed E-state index contributed by atoms with van der Waals surface area (Å²) in [6, 6.07) is 8.73. The Bertz CT molecular complexity index is 1020. The van der Waals surface area contributed by atoms with Crippen molar-refractivity contribution in [3.63, 3.8) is 0 Å². The van der Waals surface area contributed by atoms with Gasteiger partial charge >= 0.3 is 5.57 Å². The predicted molar refractivity (Wildman–Crippen MR) is 110 cm³/mol. The molecule has 1 amide bonds. The van der Waals surface area contributed by atoms with Crippen LogP contribution in [0.5, 0.6) is 5.75 Å². The normalized spacial score (nSPS) is 15.1. The predicted octanol–water partition coefficient (Wildman–Crippen LogP) is 4.93. The number of benzene rings is 2. The van der Waals surface area contributed by atoms with Crippen LogP contribution in [0.1, 0.15) is 45.7 Å². The molecule has 2 aromatic carbocycles. The highest BCUT2D eigenvalue weighted by atomic mass is 79.9. The van der Waals surface area contributed by atoms with E-state index < -0.39 is 11.1 Å². The minimum Gasteiger partial charge on any atom is -0.420 e. The number of hydrogen-bond donors (Lipinski definition) is 0. The van der Waals surface area contributed by atoms with Gasteiger partial charge in [0.1, 0.15) is 12.0 Å². The Labute approximate surface area is 185 Å². The Morgan fingerprint density at radius 2 is 1.90 bits per heavy atom. The summed E-state index contributed by atoms with van der Waals surface area (Å²) in [4.78, 5) is 38.0. The van der Waals surface area contributed by atoms with Crippen LogP contribution in [0.15, 0.2) is 40.9 Å². The van der Waals surface area contributed by atoms with Crippen molar-refractivity contribution < 1.29 is 27.9 Å². The van der Waals surface area contributed by atoms with Crippen LogP contribution in [0.25, 0.3) is 0 Å². The van der Waals surface area contributed by atoms with E-state index in [0.717, 1.165) is 5.56 Å². The van der Waals surface area contributed by atoms with E-state index in [9.17, 15) is 23.2 Å². The van der Waals surface area contributed by atoms with Gasteiger partial charge in [0.2, 0.25) is 0 Å². The molecule has 0 bridgehead atoms. The van der Waals surface area contributed by atoms with Crippen LogP contribution in [0.2, 0.25) is 0 Å². The van der Waals surface area contributed by atoms with Crippen molar-refractivity contribution in [2.24, 2.45) is 0 Å². The van der Waals surface area contributed by atoms with Crippen molar-refractivity contribution in [1.29, 1.82) is 0 Å². The molecular weight excluding hydrogens is 484 g/mol. The highest BCUT2D eigenvalue weighted by molar-refractivity contribution is 9.10. The van der Waals surface area contributed by atoms with Crippen LogP contribution < -0.4 is 4.74 Å². The lowest BCUT2D eigenvalue weighted by Gasteiger charge is -2.31. The monoisotopic (exact) mass is 499 g/mol. The number of alkyl halides is 3. The number of halogens is 4. The van der Waals surface area contributed by atoms with Crippen molar-refractivity contribution >= 4 is 45.5 Å². The number of fused-ring (bicyclic) bond motifs is 1. The van der Waals surface area contributed by atoms with Gasteiger partial charge in [-0.3, -0.25) is 9.59 Å². The fourth-order valence-corrected chi connectivity index (χ4v) is 4.61. The van der Waals surface area contributed by atoms with Crippen LogP contribution in [0, 0.1) is 0 Å². The smallest absolute Gasteiger partial charge is 0.420 e. The van der Waals surface area contributed by atoms with Gasteiger partial charge in [-0.05, 0) is 43.7 Å². The van der Waals surface area contributed by atoms with Crippen LogP contribution in [-0.4, -0.2) is 35.0 Å². The number of hydrogen-bond acceptors (Lipinski definition) is 4. The first-order valence-electron chi connectivity index (χ1n) is 8.91. The Morgan fingerprint density at radius 1 is 1.27 bits per heavy atom. The molecule has 0 radical (unpaired) electrons. The molecule has 0 aromatic heterocycles. The van der Waals surface area contributed by atoms with Gasteiger partial charge in [0.15, 0.2) is 5.78 Å². The fourth-order valence-electron chi connectivity index (χ4n) is 3.57. The highest BCUT2D eigenvalue weighted by Crippen LogP contribution is 2.43. The molecule has 9 heteroatoms. The molecule has 1 aliphatic rings. The minimum atomic E-state index is -3.81. The third kappa shape index (κ3) is 4.39. The van der Waals surface area contributed by atoms with Gasteiger partial charge in [-0.2, -0.15) is 0 Å². The summed E-state index contributed by atoms with van der Waals surface area (Å²) in [6.07, 6.45) is 0.664. The molecular formula is C21H17BrClF2NO4. The van der Waals surface area contributed by atoms with Gasteiger partial charge in [0.25, 0.3) is 5.91 Å². The maximum atomic E-state index is 12.8. The summed E-state index contributed by atoms with van der Waals surface area (Å²) in [6.45, 7) is 3.62. The Hall–Kier alpha value is -2.32. The SMILES string of the molecule is CC1(C)c2c(Br)cc(C(=O)Cc3ccc(OC(F)(F)Cl)cc3)cc2C(=O)N1CC=O. The van der Waals surface area contributed by atoms with E-state index in [4.69, 9.17) is 11.6 Å². The largest absolute Gasteiger partial charge is 0.487 e. The number of rotatable bonds is 7. The Morgan fingerprint density at radius 3 is 2.47 bits per heavy atom. The first kappa shape index (κ1) is 22.4. The van der Waals surface area contributed by atoms with Crippen molar-refractivity contribution in [3.8, 4) is 5.75 Å². The standard InChI is InChI=1S/C21H17BrClF2NO4/c1-20(2)18-15(19(29)26(20)7-8-27)10-13(11-16(18)22)17(28)9-12-3-5-14(6-4-12)30-21(23,24)25/h3-6,8,10-11H,7,9H2,1-2H3. The Balaban J connectivity index is 1.85. The van der Waals surface area contributed by atoms with E-state index in [-0.39, 0.29) is 30.4 Å². The van der Waals surface area contributed by atoms with Gasteiger partial charge in [-0.1, -0.05) is 28.1 Å². The summed E-state index contributed by atoms with van der Waals surface area (Å²) in [5, 5.41) is 0. The Kier molecular flexibility index (Phi) is 6.02.